The third kappa shape index (κ3) is 7.63. The second-order valence-corrected chi connectivity index (χ2v) is 9.79. The number of hydrogen-bond acceptors (Lipinski definition) is 4. The standard InChI is InChI=1S/C32H40N2O2/c1-4-35-31-14-10-27(11-15-31)24-33-21-19-30(20-22-33)34(23-18-26(2)3)29-12-16-32(17-13-29)36-25-28-8-6-5-7-9-28/h5-18,30H,4,19-25H2,1-3H3. The van der Waals surface area contributed by atoms with Gasteiger partial charge in [0.15, 0.2) is 0 Å². The lowest BCUT2D eigenvalue weighted by Gasteiger charge is -2.39. The van der Waals surface area contributed by atoms with Gasteiger partial charge in [0.1, 0.15) is 18.1 Å². The van der Waals surface area contributed by atoms with E-state index in [0.29, 0.717) is 19.3 Å². The lowest BCUT2D eigenvalue weighted by Crippen LogP contribution is -2.45. The Labute approximate surface area is 217 Å². The van der Waals surface area contributed by atoms with Crippen molar-refractivity contribution in [3.05, 3.63) is 102 Å². The number of rotatable bonds is 11. The molecule has 0 amide bonds. The average Bonchev–Trinajstić information content (AvgIpc) is 2.91. The molecule has 0 radical (unpaired) electrons. The number of ether oxygens (including phenoxy) is 2. The van der Waals surface area contributed by atoms with E-state index in [4.69, 9.17) is 9.47 Å². The van der Waals surface area contributed by atoms with Crippen LogP contribution >= 0.6 is 0 Å². The second-order valence-electron chi connectivity index (χ2n) is 9.79. The van der Waals surface area contributed by atoms with Gasteiger partial charge in [-0.25, -0.2) is 0 Å². The molecule has 0 atom stereocenters. The van der Waals surface area contributed by atoms with Gasteiger partial charge in [-0.3, -0.25) is 4.90 Å². The van der Waals surface area contributed by atoms with E-state index < -0.39 is 0 Å². The zero-order valence-corrected chi connectivity index (χ0v) is 22.0. The third-order valence-corrected chi connectivity index (χ3v) is 6.75. The number of benzene rings is 3. The van der Waals surface area contributed by atoms with Gasteiger partial charge >= 0.3 is 0 Å². The summed E-state index contributed by atoms with van der Waals surface area (Å²) in [6.45, 7) is 11.8. The summed E-state index contributed by atoms with van der Waals surface area (Å²) in [6, 6.07) is 28.0. The van der Waals surface area contributed by atoms with E-state index in [1.807, 2.05) is 25.1 Å². The number of anilines is 1. The van der Waals surface area contributed by atoms with Crippen molar-refractivity contribution in [3.8, 4) is 11.5 Å². The van der Waals surface area contributed by atoms with E-state index in [9.17, 15) is 0 Å². The van der Waals surface area contributed by atoms with Crippen LogP contribution in [0.5, 0.6) is 11.5 Å². The zero-order valence-electron chi connectivity index (χ0n) is 22.0. The summed E-state index contributed by atoms with van der Waals surface area (Å²) < 4.78 is 11.6. The molecular formula is C32H40N2O2. The number of nitrogens with zero attached hydrogens (tertiary/aromatic N) is 2. The number of hydrogen-bond donors (Lipinski definition) is 0. The summed E-state index contributed by atoms with van der Waals surface area (Å²) in [4.78, 5) is 5.15. The molecule has 0 unspecified atom stereocenters. The zero-order chi connectivity index (χ0) is 25.2. The molecule has 190 valence electrons. The maximum Gasteiger partial charge on any atom is 0.119 e. The van der Waals surface area contributed by atoms with Crippen molar-refractivity contribution < 1.29 is 9.47 Å². The topological polar surface area (TPSA) is 24.9 Å². The SMILES string of the molecule is CCOc1ccc(CN2CCC(N(CC=C(C)C)c3ccc(OCc4ccccc4)cc3)CC2)cc1. The van der Waals surface area contributed by atoms with Gasteiger partial charge in [-0.15, -0.1) is 0 Å². The van der Waals surface area contributed by atoms with E-state index in [1.54, 1.807) is 0 Å². The summed E-state index contributed by atoms with van der Waals surface area (Å²) in [6.07, 6.45) is 4.67. The summed E-state index contributed by atoms with van der Waals surface area (Å²) in [5.41, 5.74) is 5.16. The fraction of sp³-hybridized carbons (Fsp3) is 0.375. The molecular weight excluding hydrogens is 444 g/mol. The predicted octanol–water partition coefficient (Wildman–Crippen LogP) is 7.10. The minimum Gasteiger partial charge on any atom is -0.494 e. The predicted molar refractivity (Wildman–Crippen MR) is 150 cm³/mol. The van der Waals surface area contributed by atoms with E-state index in [0.717, 1.165) is 37.7 Å². The van der Waals surface area contributed by atoms with Gasteiger partial charge < -0.3 is 14.4 Å². The van der Waals surface area contributed by atoms with Crippen molar-refractivity contribution in [3.63, 3.8) is 0 Å². The van der Waals surface area contributed by atoms with Gasteiger partial charge in [0.05, 0.1) is 6.61 Å². The molecule has 1 heterocycles. The molecule has 3 aromatic carbocycles. The van der Waals surface area contributed by atoms with Crippen LogP contribution in [0.4, 0.5) is 5.69 Å². The van der Waals surface area contributed by atoms with Crippen molar-refractivity contribution in [1.29, 1.82) is 0 Å². The largest absolute Gasteiger partial charge is 0.494 e. The Hall–Kier alpha value is -3.24. The maximum absolute atomic E-state index is 6.02. The van der Waals surface area contributed by atoms with E-state index in [1.165, 1.54) is 35.2 Å². The summed E-state index contributed by atoms with van der Waals surface area (Å²) in [5.74, 6) is 1.86. The van der Waals surface area contributed by atoms with Crippen LogP contribution in [0.3, 0.4) is 0 Å². The first-order valence-corrected chi connectivity index (χ1v) is 13.2. The van der Waals surface area contributed by atoms with Gasteiger partial charge in [-0.1, -0.05) is 54.1 Å². The molecule has 4 rings (SSSR count). The number of likely N-dealkylation sites (tertiary alicyclic amines) is 1. The monoisotopic (exact) mass is 484 g/mol. The Morgan fingerprint density at radius 3 is 2.11 bits per heavy atom. The van der Waals surface area contributed by atoms with Crippen LogP contribution < -0.4 is 14.4 Å². The summed E-state index contributed by atoms with van der Waals surface area (Å²) >= 11 is 0. The highest BCUT2D eigenvalue weighted by Crippen LogP contribution is 2.27. The minimum atomic E-state index is 0.535. The molecule has 36 heavy (non-hydrogen) atoms. The molecule has 0 aliphatic carbocycles. The van der Waals surface area contributed by atoms with E-state index in [-0.39, 0.29) is 0 Å². The molecule has 4 heteroatoms. The molecule has 0 bridgehead atoms. The van der Waals surface area contributed by atoms with Crippen molar-refractivity contribution in [2.75, 3.05) is 31.1 Å². The van der Waals surface area contributed by atoms with Gasteiger partial charge in [0, 0.05) is 37.9 Å². The normalized spacial score (nSPS) is 14.3. The molecule has 0 saturated carbocycles. The smallest absolute Gasteiger partial charge is 0.119 e. The van der Waals surface area contributed by atoms with Crippen LogP contribution in [0.1, 0.15) is 44.7 Å². The Morgan fingerprint density at radius 2 is 1.47 bits per heavy atom. The van der Waals surface area contributed by atoms with Crippen molar-refractivity contribution in [2.45, 2.75) is 52.8 Å². The molecule has 4 nitrogen and oxygen atoms in total. The molecule has 1 aliphatic heterocycles. The third-order valence-electron chi connectivity index (χ3n) is 6.75. The van der Waals surface area contributed by atoms with Gasteiger partial charge in [0.25, 0.3) is 0 Å². The average molecular weight is 485 g/mol. The maximum atomic E-state index is 6.02. The first kappa shape index (κ1) is 25.8. The first-order valence-electron chi connectivity index (χ1n) is 13.2. The van der Waals surface area contributed by atoms with Gasteiger partial charge in [0.2, 0.25) is 0 Å². The summed E-state index contributed by atoms with van der Waals surface area (Å²) in [7, 11) is 0. The lowest BCUT2D eigenvalue weighted by molar-refractivity contribution is 0.202. The van der Waals surface area contributed by atoms with E-state index in [2.05, 4.69) is 90.4 Å². The van der Waals surface area contributed by atoms with Crippen LogP contribution in [0, 0.1) is 0 Å². The van der Waals surface area contributed by atoms with Gasteiger partial charge in [-0.2, -0.15) is 0 Å². The highest BCUT2D eigenvalue weighted by Gasteiger charge is 2.24. The Bertz CT molecular complexity index is 1070. The Kier molecular flexibility index (Phi) is 9.46. The number of allylic oxidation sites excluding steroid dienone is 1. The quantitative estimate of drug-likeness (QED) is 0.271. The Morgan fingerprint density at radius 1 is 0.833 bits per heavy atom. The highest BCUT2D eigenvalue weighted by molar-refractivity contribution is 5.51. The lowest BCUT2D eigenvalue weighted by atomic mass is 10.0. The van der Waals surface area contributed by atoms with Crippen molar-refractivity contribution in [2.24, 2.45) is 0 Å². The molecule has 3 aromatic rings. The molecule has 0 N–H and O–H groups in total. The number of piperidine rings is 1. The molecule has 0 spiro atoms. The van der Waals surface area contributed by atoms with Crippen LogP contribution in [0.25, 0.3) is 0 Å². The molecule has 1 saturated heterocycles. The molecule has 0 aromatic heterocycles. The highest BCUT2D eigenvalue weighted by atomic mass is 16.5. The second kappa shape index (κ2) is 13.2. The fourth-order valence-corrected chi connectivity index (χ4v) is 4.73. The van der Waals surface area contributed by atoms with Crippen LogP contribution in [-0.2, 0) is 13.2 Å². The van der Waals surface area contributed by atoms with Crippen molar-refractivity contribution >= 4 is 5.69 Å². The van der Waals surface area contributed by atoms with Crippen LogP contribution in [0.2, 0.25) is 0 Å². The minimum absolute atomic E-state index is 0.535. The molecule has 1 fully saturated rings. The first-order chi connectivity index (χ1) is 17.6. The fourth-order valence-electron chi connectivity index (χ4n) is 4.73. The summed E-state index contributed by atoms with van der Waals surface area (Å²) in [5, 5.41) is 0. The van der Waals surface area contributed by atoms with Gasteiger partial charge in [-0.05, 0) is 81.1 Å². The van der Waals surface area contributed by atoms with Crippen LogP contribution in [-0.4, -0.2) is 37.2 Å². The Balaban J connectivity index is 1.35. The van der Waals surface area contributed by atoms with Crippen LogP contribution in [0.15, 0.2) is 90.5 Å². The van der Waals surface area contributed by atoms with E-state index >= 15 is 0 Å². The molecule has 1 aliphatic rings. The van der Waals surface area contributed by atoms with Crippen molar-refractivity contribution in [1.82, 2.24) is 4.90 Å².